The molecule has 4 aromatic carbocycles. The number of hydrogen-bond donors (Lipinski definition) is 1. The smallest absolute Gasteiger partial charge is 0.269 e. The Morgan fingerprint density at radius 1 is 0.614 bits per heavy atom. The average Bonchev–Trinajstić information content (AvgIpc) is 3.54. The topological polar surface area (TPSA) is 161 Å². The minimum absolute atomic E-state index is 0.0510. The van der Waals surface area contributed by atoms with Gasteiger partial charge in [0.25, 0.3) is 31.9 Å². The van der Waals surface area contributed by atoms with Crippen molar-refractivity contribution in [2.24, 2.45) is 0 Å². The minimum atomic E-state index is -3.71. The number of sulfonamides is 2. The minimum Gasteiger partial charge on any atom is -0.486 e. The maximum atomic E-state index is 12.6. The molecule has 0 unspecified atom stereocenters. The van der Waals surface area contributed by atoms with E-state index in [1.165, 1.54) is 12.1 Å². The van der Waals surface area contributed by atoms with E-state index in [0.29, 0.717) is 45.7 Å². The number of ether oxygens (including phenoxy) is 4. The van der Waals surface area contributed by atoms with E-state index in [9.17, 15) is 26.4 Å². The molecular weight excluding hydrogens is 773 g/mol. The predicted octanol–water partition coefficient (Wildman–Crippen LogP) is 4.42. The summed E-state index contributed by atoms with van der Waals surface area (Å²) in [4.78, 5) is 27.1. The molecule has 0 fully saturated rings. The Morgan fingerprint density at radius 3 is 1.61 bits per heavy atom. The number of carbonyl (C=O) groups excluding carboxylic acids is 2. The lowest BCUT2D eigenvalue weighted by Gasteiger charge is -2.29. The van der Waals surface area contributed by atoms with Crippen LogP contribution in [0.25, 0.3) is 0 Å². The third-order valence-electron chi connectivity index (χ3n) is 9.96. The van der Waals surface area contributed by atoms with E-state index in [2.05, 4.69) is 10.2 Å². The van der Waals surface area contributed by atoms with Crippen molar-refractivity contribution in [3.63, 3.8) is 0 Å². The monoisotopic (exact) mass is 818 g/mol. The van der Waals surface area contributed by atoms with E-state index in [1.54, 1.807) is 36.4 Å². The van der Waals surface area contributed by atoms with Crippen molar-refractivity contribution in [2.45, 2.75) is 47.7 Å². The summed E-state index contributed by atoms with van der Waals surface area (Å²) in [7, 11) is -5.42. The van der Waals surface area contributed by atoms with E-state index < -0.39 is 31.9 Å². The van der Waals surface area contributed by atoms with Gasteiger partial charge in [0, 0.05) is 26.2 Å². The summed E-state index contributed by atoms with van der Waals surface area (Å²) >= 11 is 0. The molecule has 4 aromatic rings. The van der Waals surface area contributed by atoms with Crippen LogP contribution in [0.5, 0.6) is 23.0 Å². The van der Waals surface area contributed by atoms with Crippen LogP contribution in [-0.2, 0) is 20.0 Å². The lowest BCUT2D eigenvalue weighted by molar-refractivity contribution is 0.0650. The number of hydrogen-bond acceptors (Lipinski definition) is 12. The molecule has 0 saturated carbocycles. The molecule has 4 aliphatic rings. The molecule has 2 atom stereocenters. The first-order valence-corrected chi connectivity index (χ1v) is 21.9. The van der Waals surface area contributed by atoms with Gasteiger partial charge in [-0.25, -0.2) is 25.4 Å². The van der Waals surface area contributed by atoms with Crippen molar-refractivity contribution in [3.05, 3.63) is 108 Å². The molecule has 0 aliphatic carbocycles. The van der Waals surface area contributed by atoms with Crippen LogP contribution in [0.15, 0.2) is 107 Å². The van der Waals surface area contributed by atoms with Crippen LogP contribution in [0.3, 0.4) is 0 Å². The molecule has 14 nitrogen and oxygen atoms in total. The fourth-order valence-electron chi connectivity index (χ4n) is 7.07. The molecular formula is C41H46N4O10S2. The summed E-state index contributed by atoms with van der Waals surface area (Å²) in [5.74, 6) is 2.17. The second kappa shape index (κ2) is 17.5. The van der Waals surface area contributed by atoms with Gasteiger partial charge in [-0.1, -0.05) is 48.5 Å². The number of para-hydroxylation sites is 4. The first-order valence-electron chi connectivity index (χ1n) is 19.0. The van der Waals surface area contributed by atoms with Crippen molar-refractivity contribution in [1.82, 2.24) is 18.8 Å². The van der Waals surface area contributed by atoms with Crippen molar-refractivity contribution in [3.8, 4) is 23.0 Å². The Kier molecular flexibility index (Phi) is 12.3. The summed E-state index contributed by atoms with van der Waals surface area (Å²) < 4.78 is 75.3. The molecule has 0 aromatic heterocycles. The summed E-state index contributed by atoms with van der Waals surface area (Å²) in [6.07, 6.45) is 2.61. The first-order chi connectivity index (χ1) is 27.5. The van der Waals surface area contributed by atoms with Crippen molar-refractivity contribution in [2.75, 3.05) is 59.5 Å². The highest BCUT2D eigenvalue weighted by Crippen LogP contribution is 2.33. The number of likely N-dealkylation sites (N-methyl/N-ethyl adjacent to an activating group) is 1. The number of carbonyl (C=O) groups is 2. The van der Waals surface area contributed by atoms with Gasteiger partial charge in [-0.05, 0) is 94.4 Å². The van der Waals surface area contributed by atoms with Gasteiger partial charge in [0.15, 0.2) is 23.0 Å². The van der Waals surface area contributed by atoms with Crippen LogP contribution in [-0.4, -0.2) is 114 Å². The van der Waals surface area contributed by atoms with E-state index in [-0.39, 0.29) is 46.2 Å². The van der Waals surface area contributed by atoms with Gasteiger partial charge in [-0.15, -0.1) is 0 Å². The molecule has 0 bridgehead atoms. The zero-order valence-corrected chi connectivity index (χ0v) is 33.3. The Bertz CT molecular complexity index is 2310. The van der Waals surface area contributed by atoms with Crippen molar-refractivity contribution < 1.29 is 45.4 Å². The quantitative estimate of drug-likeness (QED) is 0.179. The fourth-order valence-corrected chi connectivity index (χ4v) is 10.3. The van der Waals surface area contributed by atoms with Gasteiger partial charge < -0.3 is 29.2 Å². The highest BCUT2D eigenvalue weighted by molar-refractivity contribution is 7.90. The van der Waals surface area contributed by atoms with Gasteiger partial charge in [0.05, 0.1) is 11.1 Å². The Hall–Kier alpha value is -5.16. The van der Waals surface area contributed by atoms with E-state index in [0.717, 1.165) is 51.0 Å². The molecule has 302 valence electrons. The number of nitrogens with one attached hydrogen (secondary N) is 1. The van der Waals surface area contributed by atoms with Gasteiger partial charge in [0.2, 0.25) is 0 Å². The van der Waals surface area contributed by atoms with Crippen LogP contribution in [0.2, 0.25) is 0 Å². The normalized spacial score (nSPS) is 19.5. The molecule has 0 radical (unpaired) electrons. The molecule has 0 saturated heterocycles. The predicted molar refractivity (Wildman–Crippen MR) is 211 cm³/mol. The second-order valence-corrected chi connectivity index (χ2v) is 17.8. The molecule has 4 aliphatic heterocycles. The van der Waals surface area contributed by atoms with Gasteiger partial charge >= 0.3 is 0 Å². The molecule has 2 amide bonds. The van der Waals surface area contributed by atoms with E-state index in [4.69, 9.17) is 18.9 Å². The molecule has 4 heterocycles. The summed E-state index contributed by atoms with van der Waals surface area (Å²) in [5, 5.41) is 3.30. The van der Waals surface area contributed by atoms with E-state index >= 15 is 0 Å². The fraction of sp³-hybridized carbons (Fsp3) is 0.366. The third-order valence-corrected chi connectivity index (χ3v) is 13.6. The van der Waals surface area contributed by atoms with Crippen LogP contribution in [0, 0.1) is 0 Å². The molecule has 8 rings (SSSR count). The molecule has 1 N–H and O–H groups in total. The lowest BCUT2D eigenvalue weighted by atomic mass is 10.2. The summed E-state index contributed by atoms with van der Waals surface area (Å²) in [6.45, 7) is 4.20. The third kappa shape index (κ3) is 8.88. The number of rotatable bonds is 14. The number of unbranched alkanes of at least 4 members (excludes halogenated alkanes) is 2. The lowest BCUT2D eigenvalue weighted by Crippen LogP contribution is -2.39. The number of fused-ring (bicyclic) bond motifs is 4. The average molecular weight is 819 g/mol. The molecule has 0 spiro atoms. The summed E-state index contributed by atoms with van der Waals surface area (Å²) in [5.41, 5.74) is 0.523. The highest BCUT2D eigenvalue weighted by Gasteiger charge is 2.41. The zero-order valence-electron chi connectivity index (χ0n) is 31.6. The van der Waals surface area contributed by atoms with Crippen molar-refractivity contribution in [1.29, 1.82) is 0 Å². The Balaban J connectivity index is 0.000000174. The maximum Gasteiger partial charge on any atom is 0.269 e. The van der Waals surface area contributed by atoms with Gasteiger partial charge in [-0.2, -0.15) is 0 Å². The van der Waals surface area contributed by atoms with E-state index in [1.807, 2.05) is 55.6 Å². The zero-order chi connectivity index (χ0) is 40.0. The second-order valence-electron chi connectivity index (χ2n) is 14.1. The number of benzene rings is 4. The SMILES string of the molecule is CN(CCCCN1C(=O)c2ccccc2S1(=O)=O)C[C@H]1COc2ccccc2O1.O=C1c2ccccc2S(=O)(=O)N1CCCCNC[C@H]1COc2ccccc2O1. The van der Waals surface area contributed by atoms with Crippen LogP contribution < -0.4 is 24.3 Å². The van der Waals surface area contributed by atoms with Crippen LogP contribution in [0.1, 0.15) is 46.4 Å². The summed E-state index contributed by atoms with van der Waals surface area (Å²) in [6, 6.07) is 27.9. The van der Waals surface area contributed by atoms with Crippen LogP contribution in [0.4, 0.5) is 0 Å². The highest BCUT2D eigenvalue weighted by atomic mass is 32.2. The van der Waals surface area contributed by atoms with Crippen LogP contribution >= 0.6 is 0 Å². The van der Waals surface area contributed by atoms with Crippen molar-refractivity contribution >= 4 is 31.9 Å². The Labute approximate surface area is 333 Å². The molecule has 57 heavy (non-hydrogen) atoms. The standard InChI is InChI=1S/C21H24N2O5S.C20H22N2O5S/c1-22(14-16-15-27-18-9-3-4-10-19(18)28-16)12-6-7-13-23-21(24)17-8-2-5-11-20(17)29(23,25)26;23-20-16-7-1-4-10-19(16)28(24,25)22(20)12-6-5-11-21-13-15-14-26-17-8-2-3-9-18(17)27-15/h2-5,8-11,16H,6-7,12-15H2,1H3;1-4,7-10,15,21H,5-6,11-14H2/t16-;15-/m00/s1. The first kappa shape index (κ1) is 40.1. The number of nitrogens with zero attached hydrogens (tertiary/aromatic N) is 3. The number of amides is 2. The molecule has 16 heteroatoms. The van der Waals surface area contributed by atoms with Gasteiger partial charge in [-0.3, -0.25) is 9.59 Å². The Morgan fingerprint density at radius 2 is 1.07 bits per heavy atom. The van der Waals surface area contributed by atoms with Gasteiger partial charge in [0.1, 0.15) is 35.2 Å². The maximum absolute atomic E-state index is 12.6. The largest absolute Gasteiger partial charge is 0.486 e.